The largest absolute Gasteiger partial charge is 0.355 e. The highest BCUT2D eigenvalue weighted by molar-refractivity contribution is 5.85. The van der Waals surface area contributed by atoms with Crippen molar-refractivity contribution in [3.63, 3.8) is 0 Å². The summed E-state index contributed by atoms with van der Waals surface area (Å²) in [6.07, 6.45) is 4.53. The SMILES string of the molecule is Cc1noc(CCNC(=O)C2CCCCC2(C)N)n1.Cl. The maximum Gasteiger partial charge on any atom is 0.228 e. The molecule has 1 aliphatic carbocycles. The fourth-order valence-electron chi connectivity index (χ4n) is 2.65. The van der Waals surface area contributed by atoms with Gasteiger partial charge in [0.1, 0.15) is 0 Å². The molecule has 6 nitrogen and oxygen atoms in total. The van der Waals surface area contributed by atoms with Crippen molar-refractivity contribution >= 4 is 18.3 Å². The summed E-state index contributed by atoms with van der Waals surface area (Å²) in [6, 6.07) is 0. The number of aryl methyl sites for hydroxylation is 1. The van der Waals surface area contributed by atoms with Crippen LogP contribution in [0, 0.1) is 12.8 Å². The third-order valence-corrected chi connectivity index (χ3v) is 3.78. The lowest BCUT2D eigenvalue weighted by molar-refractivity contribution is -0.128. The maximum absolute atomic E-state index is 12.2. The topological polar surface area (TPSA) is 94.0 Å². The van der Waals surface area contributed by atoms with Crippen LogP contribution in [0.15, 0.2) is 4.52 Å². The summed E-state index contributed by atoms with van der Waals surface area (Å²) in [5.74, 6) is 1.12. The Hall–Kier alpha value is -1.14. The second kappa shape index (κ2) is 7.04. The number of carbonyl (C=O) groups excluding carboxylic acids is 1. The molecular formula is C13H23ClN4O2. The Morgan fingerprint density at radius 2 is 2.30 bits per heavy atom. The van der Waals surface area contributed by atoms with Crippen molar-refractivity contribution in [2.45, 2.75) is 51.5 Å². The van der Waals surface area contributed by atoms with Gasteiger partial charge in [-0.2, -0.15) is 4.98 Å². The van der Waals surface area contributed by atoms with E-state index in [2.05, 4.69) is 15.5 Å². The molecule has 0 aromatic carbocycles. The van der Waals surface area contributed by atoms with E-state index in [-0.39, 0.29) is 29.8 Å². The van der Waals surface area contributed by atoms with Crippen molar-refractivity contribution < 1.29 is 9.32 Å². The van der Waals surface area contributed by atoms with E-state index < -0.39 is 0 Å². The molecule has 0 aliphatic heterocycles. The number of carbonyl (C=O) groups is 1. The summed E-state index contributed by atoms with van der Waals surface area (Å²) < 4.78 is 5.00. The van der Waals surface area contributed by atoms with Gasteiger partial charge in [-0.25, -0.2) is 0 Å². The molecule has 0 saturated heterocycles. The van der Waals surface area contributed by atoms with E-state index in [0.29, 0.717) is 24.7 Å². The molecular weight excluding hydrogens is 280 g/mol. The van der Waals surface area contributed by atoms with Gasteiger partial charge >= 0.3 is 0 Å². The second-order valence-electron chi connectivity index (χ2n) is 5.58. The van der Waals surface area contributed by atoms with Crippen molar-refractivity contribution in [1.29, 1.82) is 0 Å². The normalized spacial score (nSPS) is 25.9. The molecule has 1 heterocycles. The van der Waals surface area contributed by atoms with Crippen LogP contribution < -0.4 is 11.1 Å². The summed E-state index contributed by atoms with van der Waals surface area (Å²) >= 11 is 0. The van der Waals surface area contributed by atoms with Gasteiger partial charge in [-0.3, -0.25) is 4.79 Å². The second-order valence-corrected chi connectivity index (χ2v) is 5.58. The van der Waals surface area contributed by atoms with Crippen molar-refractivity contribution in [2.24, 2.45) is 11.7 Å². The molecule has 0 bridgehead atoms. The molecule has 20 heavy (non-hydrogen) atoms. The van der Waals surface area contributed by atoms with Gasteiger partial charge in [-0.05, 0) is 26.7 Å². The summed E-state index contributed by atoms with van der Waals surface area (Å²) in [5, 5.41) is 6.63. The number of hydrogen-bond acceptors (Lipinski definition) is 5. The molecule has 114 valence electrons. The number of aromatic nitrogens is 2. The third kappa shape index (κ3) is 4.18. The molecule has 1 aromatic heterocycles. The first-order chi connectivity index (χ1) is 8.99. The highest BCUT2D eigenvalue weighted by Gasteiger charge is 2.37. The number of rotatable bonds is 4. The highest BCUT2D eigenvalue weighted by Crippen LogP contribution is 2.31. The molecule has 3 N–H and O–H groups in total. The highest BCUT2D eigenvalue weighted by atomic mass is 35.5. The van der Waals surface area contributed by atoms with Crippen molar-refractivity contribution in [3.05, 3.63) is 11.7 Å². The molecule has 0 radical (unpaired) electrons. The van der Waals surface area contributed by atoms with Crippen LogP contribution in [0.3, 0.4) is 0 Å². The summed E-state index contributed by atoms with van der Waals surface area (Å²) in [6.45, 7) is 4.25. The van der Waals surface area contributed by atoms with Crippen LogP contribution in [0.4, 0.5) is 0 Å². The predicted octanol–water partition coefficient (Wildman–Crippen LogP) is 1.37. The van der Waals surface area contributed by atoms with Gasteiger partial charge in [-0.15, -0.1) is 12.4 Å². The van der Waals surface area contributed by atoms with E-state index in [1.165, 1.54) is 0 Å². The number of amides is 1. The van der Waals surface area contributed by atoms with Crippen LogP contribution in [0.1, 0.15) is 44.3 Å². The lowest BCUT2D eigenvalue weighted by Gasteiger charge is -2.37. The van der Waals surface area contributed by atoms with E-state index >= 15 is 0 Å². The number of nitrogens with one attached hydrogen (secondary N) is 1. The van der Waals surface area contributed by atoms with Gasteiger partial charge < -0.3 is 15.6 Å². The third-order valence-electron chi connectivity index (χ3n) is 3.78. The van der Waals surface area contributed by atoms with Crippen molar-refractivity contribution in [3.8, 4) is 0 Å². The summed E-state index contributed by atoms with van der Waals surface area (Å²) in [5.41, 5.74) is 5.82. The van der Waals surface area contributed by atoms with E-state index in [1.807, 2.05) is 6.92 Å². The van der Waals surface area contributed by atoms with Crippen LogP contribution in [-0.2, 0) is 11.2 Å². The molecule has 2 atom stereocenters. The standard InChI is InChI=1S/C13H22N4O2.ClH/c1-9-16-11(19-17-9)6-8-15-12(18)10-5-3-4-7-13(10,2)14;/h10H,3-8,14H2,1-2H3,(H,15,18);1H. The van der Waals surface area contributed by atoms with E-state index in [1.54, 1.807) is 6.92 Å². The van der Waals surface area contributed by atoms with Crippen LogP contribution in [0.25, 0.3) is 0 Å². The van der Waals surface area contributed by atoms with Crippen molar-refractivity contribution in [2.75, 3.05) is 6.54 Å². The Labute approximate surface area is 125 Å². The van der Waals surface area contributed by atoms with Gasteiger partial charge in [0, 0.05) is 18.5 Å². The minimum Gasteiger partial charge on any atom is -0.355 e. The van der Waals surface area contributed by atoms with Gasteiger partial charge in [0.05, 0.1) is 5.92 Å². The van der Waals surface area contributed by atoms with Crippen LogP contribution >= 0.6 is 12.4 Å². The first-order valence-corrected chi connectivity index (χ1v) is 6.85. The minimum atomic E-state index is -0.386. The predicted molar refractivity (Wildman–Crippen MR) is 77.5 cm³/mol. The Morgan fingerprint density at radius 1 is 1.55 bits per heavy atom. The minimum absolute atomic E-state index is 0. The van der Waals surface area contributed by atoms with Gasteiger partial charge in [0.15, 0.2) is 5.82 Å². The molecule has 0 spiro atoms. The molecule has 1 amide bonds. The number of hydrogen-bond donors (Lipinski definition) is 2. The zero-order chi connectivity index (χ0) is 13.9. The molecule has 1 aliphatic rings. The zero-order valence-electron chi connectivity index (χ0n) is 12.0. The molecule has 1 fully saturated rings. The van der Waals surface area contributed by atoms with E-state index in [4.69, 9.17) is 10.3 Å². The average Bonchev–Trinajstić information content (AvgIpc) is 2.74. The fourth-order valence-corrected chi connectivity index (χ4v) is 2.65. The van der Waals surface area contributed by atoms with Crippen molar-refractivity contribution in [1.82, 2.24) is 15.5 Å². The monoisotopic (exact) mass is 302 g/mol. The van der Waals surface area contributed by atoms with Crippen LogP contribution in [0.2, 0.25) is 0 Å². The van der Waals surface area contributed by atoms with Crippen LogP contribution in [-0.4, -0.2) is 28.1 Å². The zero-order valence-corrected chi connectivity index (χ0v) is 12.8. The number of halogens is 1. The smallest absolute Gasteiger partial charge is 0.228 e. The Morgan fingerprint density at radius 3 is 2.90 bits per heavy atom. The Bertz CT molecular complexity index is 447. The number of nitrogens with zero attached hydrogens (tertiary/aromatic N) is 2. The lowest BCUT2D eigenvalue weighted by atomic mass is 9.74. The number of nitrogens with two attached hydrogens (primary N) is 1. The molecule has 1 aromatic rings. The first kappa shape index (κ1) is 16.9. The molecule has 7 heteroatoms. The van der Waals surface area contributed by atoms with Gasteiger partial charge in [-0.1, -0.05) is 18.0 Å². The average molecular weight is 303 g/mol. The molecule has 1 saturated carbocycles. The van der Waals surface area contributed by atoms with Gasteiger partial charge in [0.2, 0.25) is 11.8 Å². The summed E-state index contributed by atoms with van der Waals surface area (Å²) in [7, 11) is 0. The lowest BCUT2D eigenvalue weighted by Crippen LogP contribution is -2.53. The van der Waals surface area contributed by atoms with Gasteiger partial charge in [0.25, 0.3) is 0 Å². The summed E-state index contributed by atoms with van der Waals surface area (Å²) in [4.78, 5) is 16.2. The Kier molecular flexibility index (Phi) is 5.95. The first-order valence-electron chi connectivity index (χ1n) is 6.85. The molecule has 2 rings (SSSR count). The quantitative estimate of drug-likeness (QED) is 0.876. The fraction of sp³-hybridized carbons (Fsp3) is 0.769. The Balaban J connectivity index is 0.00000200. The van der Waals surface area contributed by atoms with Crippen LogP contribution in [0.5, 0.6) is 0 Å². The maximum atomic E-state index is 12.2. The van der Waals surface area contributed by atoms with E-state index in [9.17, 15) is 4.79 Å². The molecule has 2 unspecified atom stereocenters. The van der Waals surface area contributed by atoms with E-state index in [0.717, 1.165) is 25.7 Å².